The molecule has 8 aromatic carbocycles. The standard InChI is InChI=1S/C51H33NO2S/c1-51(2)42-16-8-6-13-35(42)36-22-19-31(25-43(36)51)52(33-21-24-39-38-14-7-9-18-48(38)55-49(39)27-33)32-20-23-37-40-28-47-41(29-46(40)54-45(37)26-32)50-34(15-10-17-44(50)53-47)30-11-4-3-5-12-30/h3-29H,1-2H3. The van der Waals surface area contributed by atoms with Crippen molar-refractivity contribution in [2.24, 2.45) is 0 Å². The molecule has 0 saturated carbocycles. The lowest BCUT2D eigenvalue weighted by Crippen LogP contribution is -2.16. The predicted molar refractivity (Wildman–Crippen MR) is 232 cm³/mol. The van der Waals surface area contributed by atoms with Crippen LogP contribution in [0, 0.1) is 0 Å². The van der Waals surface area contributed by atoms with E-state index in [-0.39, 0.29) is 5.41 Å². The third kappa shape index (κ3) is 4.43. The average molecular weight is 724 g/mol. The van der Waals surface area contributed by atoms with Gasteiger partial charge in [0.25, 0.3) is 0 Å². The first-order valence-corrected chi connectivity index (χ1v) is 19.6. The van der Waals surface area contributed by atoms with Gasteiger partial charge in [0, 0.05) is 70.3 Å². The topological polar surface area (TPSA) is 29.5 Å². The summed E-state index contributed by atoms with van der Waals surface area (Å²) in [5.74, 6) is 0. The zero-order valence-corrected chi connectivity index (χ0v) is 31.1. The number of thiophene rings is 1. The second-order valence-electron chi connectivity index (χ2n) is 15.3. The van der Waals surface area contributed by atoms with Crippen LogP contribution in [0.1, 0.15) is 25.0 Å². The molecule has 0 N–H and O–H groups in total. The molecule has 0 radical (unpaired) electrons. The van der Waals surface area contributed by atoms with E-state index < -0.39 is 0 Å². The molecule has 3 aromatic heterocycles. The first-order valence-electron chi connectivity index (χ1n) is 18.8. The minimum absolute atomic E-state index is 0.118. The lowest BCUT2D eigenvalue weighted by Gasteiger charge is -2.28. The second-order valence-corrected chi connectivity index (χ2v) is 16.4. The average Bonchev–Trinajstić information content (AvgIpc) is 3.95. The van der Waals surface area contributed by atoms with E-state index in [0.29, 0.717) is 0 Å². The van der Waals surface area contributed by atoms with E-state index in [9.17, 15) is 0 Å². The molecule has 0 atom stereocenters. The Morgan fingerprint density at radius 1 is 0.418 bits per heavy atom. The van der Waals surface area contributed by atoms with Gasteiger partial charge < -0.3 is 13.7 Å². The molecule has 1 aliphatic rings. The van der Waals surface area contributed by atoms with Gasteiger partial charge in [0.2, 0.25) is 0 Å². The van der Waals surface area contributed by atoms with Crippen LogP contribution in [0.15, 0.2) is 173 Å². The van der Waals surface area contributed by atoms with Gasteiger partial charge in [0.15, 0.2) is 0 Å². The van der Waals surface area contributed by atoms with Crippen molar-refractivity contribution in [3.05, 3.63) is 175 Å². The van der Waals surface area contributed by atoms with E-state index in [1.165, 1.54) is 42.4 Å². The fourth-order valence-corrected chi connectivity index (χ4v) is 10.4. The van der Waals surface area contributed by atoms with Crippen LogP contribution in [-0.2, 0) is 5.41 Å². The van der Waals surface area contributed by atoms with Crippen molar-refractivity contribution in [3.63, 3.8) is 0 Å². The Morgan fingerprint density at radius 2 is 1.05 bits per heavy atom. The highest BCUT2D eigenvalue weighted by Crippen LogP contribution is 2.51. The first kappa shape index (κ1) is 30.8. The highest BCUT2D eigenvalue weighted by Gasteiger charge is 2.35. The monoisotopic (exact) mass is 723 g/mol. The molecule has 0 amide bonds. The van der Waals surface area contributed by atoms with Crippen molar-refractivity contribution in [1.29, 1.82) is 0 Å². The maximum absolute atomic E-state index is 6.78. The number of furan rings is 2. The molecule has 12 rings (SSSR count). The summed E-state index contributed by atoms with van der Waals surface area (Å²) in [6.45, 7) is 4.69. The molecule has 55 heavy (non-hydrogen) atoms. The van der Waals surface area contributed by atoms with E-state index in [1.807, 2.05) is 11.3 Å². The Hall–Kier alpha value is -6.62. The minimum atomic E-state index is -0.118. The van der Waals surface area contributed by atoms with Gasteiger partial charge in [-0.15, -0.1) is 11.3 Å². The summed E-state index contributed by atoms with van der Waals surface area (Å²) in [4.78, 5) is 2.39. The van der Waals surface area contributed by atoms with Gasteiger partial charge in [-0.3, -0.25) is 0 Å². The van der Waals surface area contributed by atoms with Crippen LogP contribution in [-0.4, -0.2) is 0 Å². The summed E-state index contributed by atoms with van der Waals surface area (Å²) in [7, 11) is 0. The third-order valence-corrected chi connectivity index (χ3v) is 13.0. The molecule has 0 aliphatic heterocycles. The number of hydrogen-bond donors (Lipinski definition) is 0. The molecule has 1 aliphatic carbocycles. The number of hydrogen-bond acceptors (Lipinski definition) is 4. The molecule has 11 aromatic rings. The van der Waals surface area contributed by atoms with Gasteiger partial charge in [0.05, 0.1) is 0 Å². The predicted octanol–water partition coefficient (Wildman–Crippen LogP) is 15.3. The van der Waals surface area contributed by atoms with Gasteiger partial charge in [0.1, 0.15) is 22.3 Å². The summed E-state index contributed by atoms with van der Waals surface area (Å²) in [5.41, 5.74) is 14.2. The number of fused-ring (bicyclic) bond motifs is 12. The quantitative estimate of drug-likeness (QED) is 0.181. The number of nitrogens with zero attached hydrogens (tertiary/aromatic N) is 1. The maximum Gasteiger partial charge on any atom is 0.137 e. The van der Waals surface area contributed by atoms with E-state index in [4.69, 9.17) is 8.83 Å². The van der Waals surface area contributed by atoms with Gasteiger partial charge in [-0.25, -0.2) is 0 Å². The molecule has 4 heteroatoms. The van der Waals surface area contributed by atoms with Crippen LogP contribution in [0.2, 0.25) is 0 Å². The molecule has 3 nitrogen and oxygen atoms in total. The van der Waals surface area contributed by atoms with Crippen LogP contribution in [0.5, 0.6) is 0 Å². The Balaban J connectivity index is 1.05. The van der Waals surface area contributed by atoms with Crippen molar-refractivity contribution >= 4 is 92.4 Å². The first-order chi connectivity index (χ1) is 27.0. The van der Waals surface area contributed by atoms with E-state index in [0.717, 1.165) is 72.1 Å². The van der Waals surface area contributed by atoms with E-state index in [1.54, 1.807) is 0 Å². The van der Waals surface area contributed by atoms with Gasteiger partial charge >= 0.3 is 0 Å². The minimum Gasteiger partial charge on any atom is -0.456 e. The molecular formula is C51H33NO2S. The highest BCUT2D eigenvalue weighted by molar-refractivity contribution is 7.25. The van der Waals surface area contributed by atoms with Crippen LogP contribution in [0.3, 0.4) is 0 Å². The van der Waals surface area contributed by atoms with Gasteiger partial charge in [-0.2, -0.15) is 0 Å². The molecule has 260 valence electrons. The van der Waals surface area contributed by atoms with Crippen molar-refractivity contribution in [2.45, 2.75) is 19.3 Å². The number of benzene rings is 8. The normalized spacial score (nSPS) is 13.4. The summed E-state index contributed by atoms with van der Waals surface area (Å²) >= 11 is 1.85. The van der Waals surface area contributed by atoms with Crippen molar-refractivity contribution in [1.82, 2.24) is 0 Å². The fourth-order valence-electron chi connectivity index (χ4n) is 9.21. The van der Waals surface area contributed by atoms with E-state index in [2.05, 4.69) is 183 Å². The highest BCUT2D eigenvalue weighted by atomic mass is 32.1. The molecule has 0 unspecified atom stereocenters. The Bertz CT molecular complexity index is 3360. The van der Waals surface area contributed by atoms with Crippen LogP contribution >= 0.6 is 11.3 Å². The Kier molecular flexibility index (Phi) is 6.27. The molecule has 0 spiro atoms. The lowest BCUT2D eigenvalue weighted by atomic mass is 9.82. The number of rotatable bonds is 4. The third-order valence-electron chi connectivity index (χ3n) is 11.9. The summed E-state index contributed by atoms with van der Waals surface area (Å²) in [6, 6.07) is 59.2. The Labute approximate surface area is 321 Å². The SMILES string of the molecule is CC1(C)c2ccccc2-c2ccc(N(c3ccc4c(c3)oc3cc5c(cc34)oc3cccc(-c4ccccc4)c35)c3ccc4c(c3)sc3ccccc34)cc21. The van der Waals surface area contributed by atoms with Crippen LogP contribution in [0.4, 0.5) is 17.1 Å². The summed E-state index contributed by atoms with van der Waals surface area (Å²) in [6.07, 6.45) is 0. The Morgan fingerprint density at radius 3 is 1.96 bits per heavy atom. The van der Waals surface area contributed by atoms with E-state index >= 15 is 0 Å². The second kappa shape index (κ2) is 11.2. The smallest absolute Gasteiger partial charge is 0.137 e. The maximum atomic E-state index is 6.78. The van der Waals surface area contributed by atoms with Crippen molar-refractivity contribution < 1.29 is 8.83 Å². The van der Waals surface area contributed by atoms with Crippen LogP contribution < -0.4 is 4.90 Å². The van der Waals surface area contributed by atoms with Crippen molar-refractivity contribution in [2.75, 3.05) is 4.90 Å². The molecule has 0 fully saturated rings. The lowest BCUT2D eigenvalue weighted by molar-refractivity contribution is 0.660. The van der Waals surface area contributed by atoms with Gasteiger partial charge in [-0.05, 0) is 94.0 Å². The zero-order chi connectivity index (χ0) is 36.4. The fraction of sp³-hybridized carbons (Fsp3) is 0.0588. The molecule has 0 saturated heterocycles. The number of anilines is 3. The summed E-state index contributed by atoms with van der Waals surface area (Å²) in [5, 5.41) is 6.86. The van der Waals surface area contributed by atoms with Crippen molar-refractivity contribution in [3.8, 4) is 22.3 Å². The zero-order valence-electron chi connectivity index (χ0n) is 30.3. The molecule has 0 bridgehead atoms. The van der Waals surface area contributed by atoms with Gasteiger partial charge in [-0.1, -0.05) is 111 Å². The molecule has 3 heterocycles. The van der Waals surface area contributed by atoms with Crippen LogP contribution in [0.25, 0.3) is 86.3 Å². The molecular weight excluding hydrogens is 691 g/mol. The summed E-state index contributed by atoms with van der Waals surface area (Å²) < 4.78 is 15.9. The largest absolute Gasteiger partial charge is 0.456 e.